The van der Waals surface area contributed by atoms with Gasteiger partial charge >= 0.3 is 0 Å². The number of nitriles is 1. The lowest BCUT2D eigenvalue weighted by molar-refractivity contribution is -0.114. The number of amides is 1. The Morgan fingerprint density at radius 3 is 2.44 bits per heavy atom. The summed E-state index contributed by atoms with van der Waals surface area (Å²) < 4.78 is 26.6. The van der Waals surface area contributed by atoms with Gasteiger partial charge in [0.25, 0.3) is 5.91 Å². The van der Waals surface area contributed by atoms with Gasteiger partial charge in [0.1, 0.15) is 23.4 Å². The van der Waals surface area contributed by atoms with Crippen molar-refractivity contribution in [1.82, 2.24) is 4.72 Å². The molecule has 7 heteroatoms. The van der Waals surface area contributed by atoms with Gasteiger partial charge in [0.2, 0.25) is 0 Å². The van der Waals surface area contributed by atoms with Gasteiger partial charge in [-0.3, -0.25) is 9.52 Å². The first-order valence-electron chi connectivity index (χ1n) is 10.1. The van der Waals surface area contributed by atoms with Crippen LogP contribution < -0.4 is 14.2 Å². The molecule has 6 nitrogen and oxygen atoms in total. The minimum absolute atomic E-state index is 0.0940. The summed E-state index contributed by atoms with van der Waals surface area (Å²) in [5.74, 6) is 1.83. The van der Waals surface area contributed by atoms with E-state index in [0.717, 1.165) is 35.3 Å². The number of carbonyl (C=O) groups excluding carboxylic acids is 1. The highest BCUT2D eigenvalue weighted by molar-refractivity contribution is 7.93. The number of benzene rings is 3. The Balaban J connectivity index is 1.32. The molecule has 1 N–H and O–H groups in total. The topological polar surface area (TPSA) is 88.4 Å². The summed E-state index contributed by atoms with van der Waals surface area (Å²) in [4.78, 5) is 11.9. The molecule has 3 aromatic carbocycles. The van der Waals surface area contributed by atoms with E-state index in [4.69, 9.17) is 14.7 Å². The molecule has 32 heavy (non-hydrogen) atoms. The van der Waals surface area contributed by atoms with Crippen LogP contribution in [0, 0.1) is 11.3 Å². The molecule has 0 aromatic heterocycles. The molecule has 0 bridgehead atoms. The maximum atomic E-state index is 11.9. The molecule has 1 aliphatic heterocycles. The standard InChI is InChI=1S/C25H18N2O4S/c26-15-16-4-8-18(9-5-16)30-22-3-1-2-20-21(22)12-13-23(20)31-19-10-6-17(7-11-19)24-14-25(28)27-32(24)29/h1-11,14,23H,12-13H2,(H,27,28). The van der Waals surface area contributed by atoms with Crippen molar-refractivity contribution in [3.8, 4) is 23.3 Å². The van der Waals surface area contributed by atoms with Crippen LogP contribution in [-0.4, -0.2) is 10.1 Å². The van der Waals surface area contributed by atoms with Crippen LogP contribution in [0.1, 0.15) is 34.8 Å². The average molecular weight is 442 g/mol. The highest BCUT2D eigenvalue weighted by Gasteiger charge is 2.27. The van der Waals surface area contributed by atoms with Crippen LogP contribution in [0.3, 0.4) is 0 Å². The first kappa shape index (κ1) is 20.0. The molecule has 2 atom stereocenters. The Morgan fingerprint density at radius 2 is 1.75 bits per heavy atom. The fourth-order valence-electron chi connectivity index (χ4n) is 3.93. The number of ether oxygens (including phenoxy) is 2. The van der Waals surface area contributed by atoms with Crippen LogP contribution >= 0.6 is 0 Å². The Morgan fingerprint density at radius 1 is 1.00 bits per heavy atom. The van der Waals surface area contributed by atoms with E-state index in [1.165, 1.54) is 6.08 Å². The normalized spacial score (nSPS) is 19.0. The average Bonchev–Trinajstić information content (AvgIpc) is 3.38. The van der Waals surface area contributed by atoms with Crippen molar-refractivity contribution in [1.29, 1.82) is 5.26 Å². The summed E-state index contributed by atoms with van der Waals surface area (Å²) in [5.41, 5.74) is 3.52. The third-order valence-corrected chi connectivity index (χ3v) is 6.60. The number of fused-ring (bicyclic) bond motifs is 1. The van der Waals surface area contributed by atoms with Crippen LogP contribution in [0.25, 0.3) is 4.91 Å². The van der Waals surface area contributed by atoms with Crippen molar-refractivity contribution in [3.05, 3.63) is 95.1 Å². The van der Waals surface area contributed by atoms with E-state index in [2.05, 4.69) is 16.9 Å². The van der Waals surface area contributed by atoms with Gasteiger partial charge in [0.15, 0.2) is 11.0 Å². The second-order valence-electron chi connectivity index (χ2n) is 7.48. The lowest BCUT2D eigenvalue weighted by Crippen LogP contribution is -2.16. The van der Waals surface area contributed by atoms with Gasteiger partial charge in [0.05, 0.1) is 16.5 Å². The summed E-state index contributed by atoms with van der Waals surface area (Å²) in [7, 11) is -1.51. The molecule has 158 valence electrons. The maximum absolute atomic E-state index is 11.9. The largest absolute Gasteiger partial charge is 0.486 e. The second kappa shape index (κ2) is 8.33. The van der Waals surface area contributed by atoms with Crippen molar-refractivity contribution in [2.45, 2.75) is 18.9 Å². The van der Waals surface area contributed by atoms with Gasteiger partial charge in [0, 0.05) is 11.6 Å². The van der Waals surface area contributed by atoms with Crippen LogP contribution in [0.5, 0.6) is 17.2 Å². The van der Waals surface area contributed by atoms with Crippen molar-refractivity contribution in [2.24, 2.45) is 0 Å². The number of hydrogen-bond donors (Lipinski definition) is 1. The van der Waals surface area contributed by atoms with Crippen molar-refractivity contribution >= 4 is 21.8 Å². The van der Waals surface area contributed by atoms with E-state index < -0.39 is 11.0 Å². The van der Waals surface area contributed by atoms with E-state index in [1.54, 1.807) is 36.4 Å². The number of nitrogens with one attached hydrogen (secondary N) is 1. The predicted molar refractivity (Wildman–Crippen MR) is 120 cm³/mol. The number of carbonyl (C=O) groups is 1. The molecule has 5 rings (SSSR count). The van der Waals surface area contributed by atoms with E-state index in [0.29, 0.717) is 22.0 Å². The van der Waals surface area contributed by atoms with E-state index >= 15 is 0 Å². The molecule has 1 aliphatic carbocycles. The Bertz CT molecular complexity index is 1290. The number of hydrogen-bond acceptors (Lipinski definition) is 5. The van der Waals surface area contributed by atoms with Gasteiger partial charge in [-0.15, -0.1) is 0 Å². The first-order chi connectivity index (χ1) is 15.6. The quantitative estimate of drug-likeness (QED) is 0.626. The maximum Gasteiger partial charge on any atom is 0.257 e. The zero-order valence-corrected chi connectivity index (χ0v) is 17.7. The van der Waals surface area contributed by atoms with Gasteiger partial charge < -0.3 is 9.47 Å². The molecule has 0 spiro atoms. The molecular formula is C25H18N2O4S. The third kappa shape index (κ3) is 3.88. The van der Waals surface area contributed by atoms with Gasteiger partial charge in [-0.05, 0) is 66.4 Å². The molecule has 3 aromatic rings. The van der Waals surface area contributed by atoms with Crippen LogP contribution in [0.15, 0.2) is 72.8 Å². The summed E-state index contributed by atoms with van der Waals surface area (Å²) >= 11 is 0. The lowest BCUT2D eigenvalue weighted by Gasteiger charge is -2.16. The number of nitrogens with zero attached hydrogens (tertiary/aromatic N) is 1. The molecule has 1 amide bonds. The predicted octanol–water partition coefficient (Wildman–Crippen LogP) is 4.55. The molecular weight excluding hydrogens is 424 g/mol. The molecule has 0 saturated heterocycles. The smallest absolute Gasteiger partial charge is 0.257 e. The Labute approximate surface area is 187 Å². The van der Waals surface area contributed by atoms with Crippen LogP contribution in [0.4, 0.5) is 0 Å². The third-order valence-electron chi connectivity index (χ3n) is 5.46. The van der Waals surface area contributed by atoms with Crippen LogP contribution in [-0.2, 0) is 22.2 Å². The minimum Gasteiger partial charge on any atom is -0.486 e. The fourth-order valence-corrected chi connectivity index (χ4v) is 4.84. The Kier molecular flexibility index (Phi) is 5.21. The molecule has 0 fully saturated rings. The minimum atomic E-state index is -1.51. The zero-order valence-electron chi connectivity index (χ0n) is 16.9. The molecule has 2 unspecified atom stereocenters. The zero-order chi connectivity index (χ0) is 22.1. The fraction of sp³-hybridized carbons (Fsp3) is 0.120. The first-order valence-corrected chi connectivity index (χ1v) is 11.3. The second-order valence-corrected chi connectivity index (χ2v) is 8.66. The highest BCUT2D eigenvalue weighted by Crippen LogP contribution is 2.41. The summed E-state index contributed by atoms with van der Waals surface area (Å²) in [6.45, 7) is 0. The van der Waals surface area contributed by atoms with Crippen molar-refractivity contribution in [2.75, 3.05) is 0 Å². The summed E-state index contributed by atoms with van der Waals surface area (Å²) in [6, 6.07) is 22.4. The summed E-state index contributed by atoms with van der Waals surface area (Å²) in [6.07, 6.45) is 2.93. The van der Waals surface area contributed by atoms with Crippen molar-refractivity contribution in [3.63, 3.8) is 0 Å². The van der Waals surface area contributed by atoms with Gasteiger partial charge in [-0.25, -0.2) is 4.21 Å². The van der Waals surface area contributed by atoms with E-state index in [1.807, 2.05) is 24.3 Å². The Hall–Kier alpha value is -3.89. The number of rotatable bonds is 5. The molecule has 0 saturated carbocycles. The van der Waals surface area contributed by atoms with E-state index in [9.17, 15) is 9.00 Å². The molecule has 1 heterocycles. The highest BCUT2D eigenvalue weighted by atomic mass is 32.2. The van der Waals surface area contributed by atoms with Gasteiger partial charge in [-0.1, -0.05) is 24.3 Å². The monoisotopic (exact) mass is 442 g/mol. The van der Waals surface area contributed by atoms with Crippen LogP contribution in [0.2, 0.25) is 0 Å². The summed E-state index contributed by atoms with van der Waals surface area (Å²) in [5, 5.41) is 8.95. The SMILES string of the molecule is N#Cc1ccc(Oc2cccc3c2CCC3Oc2ccc(C3=CC(=O)NS3=O)cc2)cc1. The molecule has 2 aliphatic rings. The van der Waals surface area contributed by atoms with E-state index in [-0.39, 0.29) is 12.0 Å². The molecule has 0 radical (unpaired) electrons. The van der Waals surface area contributed by atoms with Crippen molar-refractivity contribution < 1.29 is 18.5 Å². The van der Waals surface area contributed by atoms with Gasteiger partial charge in [-0.2, -0.15) is 5.26 Å². The lowest BCUT2D eigenvalue weighted by atomic mass is 10.1.